The van der Waals surface area contributed by atoms with E-state index in [1.807, 2.05) is 52.9 Å². The van der Waals surface area contributed by atoms with E-state index in [2.05, 4.69) is 69.1 Å². The van der Waals surface area contributed by atoms with Crippen molar-refractivity contribution < 1.29 is 33.0 Å². The molecule has 2 aliphatic rings. The number of methoxy groups -OCH3 is 1. The monoisotopic (exact) mass is 823 g/mol. The van der Waals surface area contributed by atoms with E-state index in [9.17, 15) is 18.0 Å². The topological polar surface area (TPSA) is 133 Å². The Labute approximate surface area is 350 Å². The number of ketones is 1. The van der Waals surface area contributed by atoms with E-state index in [0.29, 0.717) is 12.1 Å². The van der Waals surface area contributed by atoms with Crippen LogP contribution in [-0.4, -0.2) is 92.8 Å². The first kappa shape index (κ1) is 58.7. The third-order valence-electron chi connectivity index (χ3n) is 9.24. The minimum absolute atomic E-state index is 0.0359. The quantitative estimate of drug-likeness (QED) is 0.169. The fourth-order valence-electron chi connectivity index (χ4n) is 6.02. The van der Waals surface area contributed by atoms with E-state index in [1.54, 1.807) is 14.0 Å². The average molecular weight is 823 g/mol. The zero-order valence-corrected chi connectivity index (χ0v) is 39.6. The molecular formula is C47H86N2O7S. The third-order valence-corrected chi connectivity index (χ3v) is 10.2. The lowest BCUT2D eigenvalue weighted by atomic mass is 9.92. The molecule has 9 nitrogen and oxygen atoms in total. The third kappa shape index (κ3) is 29.3. The summed E-state index contributed by atoms with van der Waals surface area (Å²) in [6, 6.07) is 15.3. The number of hydrogen-bond donors (Lipinski definition) is 3. The average Bonchev–Trinajstić information content (AvgIpc) is 3.62. The predicted molar refractivity (Wildman–Crippen MR) is 244 cm³/mol. The van der Waals surface area contributed by atoms with Crippen LogP contribution in [0.25, 0.3) is 11.1 Å². The summed E-state index contributed by atoms with van der Waals surface area (Å²) in [6.07, 6.45) is 13.8. The van der Waals surface area contributed by atoms with Crippen LogP contribution in [0, 0.1) is 12.8 Å². The van der Waals surface area contributed by atoms with Gasteiger partial charge in [0.1, 0.15) is 9.84 Å². The number of aliphatic hydroxyl groups is 1. The maximum absolute atomic E-state index is 12.1. The van der Waals surface area contributed by atoms with E-state index in [4.69, 9.17) is 14.9 Å². The van der Waals surface area contributed by atoms with Crippen molar-refractivity contribution in [3.63, 3.8) is 0 Å². The molecule has 2 aromatic rings. The number of carboxylic acids is 1. The number of ether oxygens (including phenoxy) is 1. The molecule has 3 N–H and O–H groups in total. The fraction of sp³-hybridized carbons (Fsp3) is 0.702. The lowest BCUT2D eigenvalue weighted by Crippen LogP contribution is -2.36. The first-order valence-electron chi connectivity index (χ1n) is 21.7. The number of nitrogens with zero attached hydrogens (tertiary/aromatic N) is 1. The Morgan fingerprint density at radius 3 is 1.91 bits per heavy atom. The van der Waals surface area contributed by atoms with Gasteiger partial charge in [0.05, 0.1) is 23.9 Å². The Morgan fingerprint density at radius 1 is 0.912 bits per heavy atom. The number of aryl methyl sites for hydroxylation is 1. The Kier molecular flexibility index (Phi) is 37.5. The van der Waals surface area contributed by atoms with Gasteiger partial charge in [0, 0.05) is 38.1 Å². The molecule has 0 aromatic heterocycles. The molecule has 57 heavy (non-hydrogen) atoms. The largest absolute Gasteiger partial charge is 0.481 e. The van der Waals surface area contributed by atoms with Gasteiger partial charge in [-0.2, -0.15) is 0 Å². The fourth-order valence-corrected chi connectivity index (χ4v) is 6.80. The summed E-state index contributed by atoms with van der Waals surface area (Å²) >= 11 is 0. The van der Waals surface area contributed by atoms with Crippen LogP contribution in [-0.2, 0) is 25.9 Å². The summed E-state index contributed by atoms with van der Waals surface area (Å²) in [7, 11) is 0.757. The van der Waals surface area contributed by atoms with Gasteiger partial charge in [-0.3, -0.25) is 14.5 Å². The lowest BCUT2D eigenvalue weighted by molar-refractivity contribution is -0.141. The second-order valence-corrected chi connectivity index (χ2v) is 16.8. The van der Waals surface area contributed by atoms with Gasteiger partial charge in [0.2, 0.25) is 0 Å². The second-order valence-electron chi connectivity index (χ2n) is 14.6. The number of carbonyl (C=O) groups excluding carboxylic acids is 1. The summed E-state index contributed by atoms with van der Waals surface area (Å²) in [5.74, 6) is -1.46. The minimum Gasteiger partial charge on any atom is -0.481 e. The van der Waals surface area contributed by atoms with Crippen LogP contribution >= 0.6 is 0 Å². The number of aliphatic hydroxyl groups excluding tert-OH is 1. The normalized spacial score (nSPS) is 15.9. The summed E-state index contributed by atoms with van der Waals surface area (Å²) in [5, 5.41) is 20.6. The summed E-state index contributed by atoms with van der Waals surface area (Å²) in [4.78, 5) is 24.9. The number of rotatable bonds is 13. The van der Waals surface area contributed by atoms with Gasteiger partial charge < -0.3 is 20.3 Å². The highest BCUT2D eigenvalue weighted by Gasteiger charge is 2.24. The molecule has 0 amide bonds. The zero-order chi connectivity index (χ0) is 44.4. The smallest absolute Gasteiger partial charge is 0.306 e. The Bertz CT molecular complexity index is 1390. The van der Waals surface area contributed by atoms with E-state index < -0.39 is 21.7 Å². The number of Topliss-reactive ketones (excluding diaryl/α,β-unsaturated/α-hetero) is 1. The number of sulfone groups is 1. The van der Waals surface area contributed by atoms with Crippen LogP contribution in [0.2, 0.25) is 0 Å². The molecule has 0 spiro atoms. The number of likely N-dealkylation sites (N-methyl/N-ethyl adjacent to an activating group) is 1. The Hall–Kier alpha value is -2.63. The van der Waals surface area contributed by atoms with Gasteiger partial charge in [-0.1, -0.05) is 124 Å². The van der Waals surface area contributed by atoms with Gasteiger partial charge >= 0.3 is 5.97 Å². The predicted octanol–water partition coefficient (Wildman–Crippen LogP) is 10.8. The summed E-state index contributed by atoms with van der Waals surface area (Å²) < 4.78 is 26.1. The molecule has 1 aliphatic carbocycles. The van der Waals surface area contributed by atoms with Crippen molar-refractivity contribution in [2.75, 3.05) is 39.3 Å². The first-order chi connectivity index (χ1) is 27.0. The highest BCUT2D eigenvalue weighted by molar-refractivity contribution is 7.90. The molecule has 1 heterocycles. The standard InChI is InChI=1S/C22H28N2O.C6H12O4S.C6H12O.C6H14O.C3H8.2C2H6/c1-16-7-4-5-9-20(16)22-13-18(10-11-21(22)17(2)25)15-24-12-6-8-19(24)14-23-3;1-5(6(7)8)3-4-11(2,9)10;7-6-4-2-1-3-5-6;1-4-5-6(2)7-3;1-3-2;2*1-2/h4-5,7,9-11,13,19,23H,6,8,12,14-15H2,1-3H3;5H,3-4H2,1-2H3,(H,7,8);6-7H,1-5H2;6H,4-5H2,1-3H3;3H2,1-2H3;2*1-2H3. The van der Waals surface area contributed by atoms with Gasteiger partial charge in [-0.05, 0) is 101 Å². The highest BCUT2D eigenvalue weighted by atomic mass is 32.2. The Balaban J connectivity index is -0.000000753. The highest BCUT2D eigenvalue weighted by Crippen LogP contribution is 2.30. The molecule has 4 rings (SSSR count). The second kappa shape index (κ2) is 36.4. The maximum Gasteiger partial charge on any atom is 0.306 e. The Morgan fingerprint density at radius 2 is 1.49 bits per heavy atom. The lowest BCUT2D eigenvalue weighted by Gasteiger charge is -2.25. The van der Waals surface area contributed by atoms with Gasteiger partial charge in [0.25, 0.3) is 0 Å². The molecule has 0 bridgehead atoms. The summed E-state index contributed by atoms with van der Waals surface area (Å²) in [5.41, 5.74) is 5.52. The van der Waals surface area contributed by atoms with Crippen LogP contribution in [0.15, 0.2) is 42.5 Å². The number of hydrogen-bond acceptors (Lipinski definition) is 8. The van der Waals surface area contributed by atoms with Crippen molar-refractivity contribution in [1.29, 1.82) is 0 Å². The number of nitrogens with one attached hydrogen (secondary N) is 1. The van der Waals surface area contributed by atoms with E-state index >= 15 is 0 Å². The molecule has 3 atom stereocenters. The van der Waals surface area contributed by atoms with Crippen molar-refractivity contribution >= 4 is 21.6 Å². The van der Waals surface area contributed by atoms with Crippen molar-refractivity contribution in [2.45, 2.75) is 172 Å². The van der Waals surface area contributed by atoms with Crippen LogP contribution in [0.3, 0.4) is 0 Å². The number of aliphatic carboxylic acids is 1. The number of likely N-dealkylation sites (tertiary alicyclic amines) is 1. The molecule has 1 saturated heterocycles. The van der Waals surface area contributed by atoms with Crippen molar-refractivity contribution in [2.24, 2.45) is 5.92 Å². The van der Waals surface area contributed by atoms with Gasteiger partial charge in [-0.15, -0.1) is 0 Å². The molecule has 1 aliphatic heterocycles. The molecule has 0 radical (unpaired) electrons. The SMILES string of the molecule is CC.CC.CC(CCS(C)(=O)=O)C(=O)O.CCC.CCCC(C)OC.CNCC1CCCN1Cc1ccc(C(C)=O)c(-c2ccccc2C)c1.OC1CCCCC1. The molecule has 10 heteroatoms. The van der Waals surface area contributed by atoms with E-state index in [-0.39, 0.29) is 24.1 Å². The first-order valence-corrected chi connectivity index (χ1v) is 23.8. The van der Waals surface area contributed by atoms with Gasteiger partial charge in [-0.25, -0.2) is 8.42 Å². The number of benzene rings is 2. The van der Waals surface area contributed by atoms with Crippen molar-refractivity contribution in [1.82, 2.24) is 10.2 Å². The van der Waals surface area contributed by atoms with Crippen LogP contribution < -0.4 is 5.32 Å². The molecule has 3 unspecified atom stereocenters. The van der Waals surface area contributed by atoms with Crippen molar-refractivity contribution in [3.8, 4) is 11.1 Å². The maximum atomic E-state index is 12.1. The number of carbonyl (C=O) groups is 2. The molecule has 2 aromatic carbocycles. The van der Waals surface area contributed by atoms with E-state index in [1.165, 1.54) is 69.4 Å². The number of carboxylic acid groups (broad SMARTS) is 1. The molecule has 332 valence electrons. The molecule has 2 fully saturated rings. The van der Waals surface area contributed by atoms with Crippen LogP contribution in [0.5, 0.6) is 0 Å². The molecular weight excluding hydrogens is 737 g/mol. The van der Waals surface area contributed by atoms with Crippen LogP contribution in [0.1, 0.15) is 161 Å². The zero-order valence-electron chi connectivity index (χ0n) is 38.7. The molecule has 1 saturated carbocycles. The van der Waals surface area contributed by atoms with Crippen LogP contribution in [0.4, 0.5) is 0 Å². The van der Waals surface area contributed by atoms with Gasteiger partial charge in [0.15, 0.2) is 5.78 Å². The van der Waals surface area contributed by atoms with Crippen molar-refractivity contribution in [3.05, 3.63) is 59.2 Å². The van der Waals surface area contributed by atoms with E-state index in [0.717, 1.165) is 55.4 Å². The minimum atomic E-state index is -3.02. The summed E-state index contributed by atoms with van der Waals surface area (Å²) in [6.45, 7) is 24.9.